The fourth-order valence-corrected chi connectivity index (χ4v) is 3.73. The summed E-state index contributed by atoms with van der Waals surface area (Å²) in [7, 11) is 0. The Morgan fingerprint density at radius 3 is 2.29 bits per heavy atom. The van der Waals surface area contributed by atoms with Crippen LogP contribution in [0.4, 0.5) is 4.79 Å². The van der Waals surface area contributed by atoms with Crippen LogP contribution in [-0.2, 0) is 4.79 Å². The number of nitrogens with one attached hydrogen (secondary N) is 2. The average Bonchev–Trinajstić information content (AvgIpc) is 2.65. The van der Waals surface area contributed by atoms with Crippen LogP contribution in [0.15, 0.2) is 0 Å². The fourth-order valence-electron chi connectivity index (χ4n) is 3.73. The molecule has 0 saturated heterocycles. The van der Waals surface area contributed by atoms with Gasteiger partial charge in [0.25, 0.3) is 0 Å². The largest absolute Gasteiger partial charge is 0.480 e. The van der Waals surface area contributed by atoms with Crippen molar-refractivity contribution in [2.75, 3.05) is 0 Å². The van der Waals surface area contributed by atoms with Crippen LogP contribution in [0.1, 0.15) is 71.1 Å². The molecule has 2 atom stereocenters. The lowest BCUT2D eigenvalue weighted by atomic mass is 9.87. The minimum absolute atomic E-state index is 0.186. The van der Waals surface area contributed by atoms with E-state index in [1.807, 2.05) is 0 Å². The number of carbonyl (C=O) groups is 2. The van der Waals surface area contributed by atoms with Gasteiger partial charge in [-0.05, 0) is 31.6 Å². The van der Waals surface area contributed by atoms with E-state index in [0.29, 0.717) is 18.8 Å². The molecule has 2 saturated carbocycles. The zero-order valence-corrected chi connectivity index (χ0v) is 13.0. The normalized spacial score (nSPS) is 29.2. The van der Waals surface area contributed by atoms with Crippen LogP contribution in [0, 0.1) is 5.92 Å². The Hall–Kier alpha value is -1.26. The molecule has 0 bridgehead atoms. The predicted molar refractivity (Wildman–Crippen MR) is 81.2 cm³/mol. The molecule has 2 amide bonds. The lowest BCUT2D eigenvalue weighted by molar-refractivity contribution is -0.145. The molecule has 0 aliphatic heterocycles. The maximum Gasteiger partial charge on any atom is 0.329 e. The highest BCUT2D eigenvalue weighted by Gasteiger charge is 2.40. The summed E-state index contributed by atoms with van der Waals surface area (Å²) in [6.45, 7) is 2.20. The van der Waals surface area contributed by atoms with E-state index in [-0.39, 0.29) is 12.1 Å². The van der Waals surface area contributed by atoms with Gasteiger partial charge in [-0.2, -0.15) is 0 Å². The lowest BCUT2D eigenvalue weighted by Gasteiger charge is -2.32. The molecule has 5 nitrogen and oxygen atoms in total. The molecule has 0 spiro atoms. The molecule has 5 heteroatoms. The second kappa shape index (κ2) is 7.14. The van der Waals surface area contributed by atoms with E-state index in [9.17, 15) is 14.7 Å². The van der Waals surface area contributed by atoms with Crippen LogP contribution < -0.4 is 10.6 Å². The molecule has 2 aliphatic carbocycles. The number of carboxylic acid groups (broad SMARTS) is 1. The number of carbonyl (C=O) groups excluding carboxylic acids is 1. The zero-order valence-electron chi connectivity index (χ0n) is 13.0. The molecule has 2 rings (SSSR count). The second-order valence-corrected chi connectivity index (χ2v) is 6.87. The first-order valence-electron chi connectivity index (χ1n) is 8.34. The molecule has 2 unspecified atom stereocenters. The molecule has 2 aliphatic rings. The summed E-state index contributed by atoms with van der Waals surface area (Å²) in [6, 6.07) is -0.122. The van der Waals surface area contributed by atoms with Gasteiger partial charge < -0.3 is 15.7 Å². The van der Waals surface area contributed by atoms with E-state index < -0.39 is 11.5 Å². The monoisotopic (exact) mass is 296 g/mol. The first kappa shape index (κ1) is 16.1. The number of urea groups is 1. The van der Waals surface area contributed by atoms with Crippen LogP contribution in [0.5, 0.6) is 0 Å². The molecule has 21 heavy (non-hydrogen) atoms. The third-order valence-electron chi connectivity index (χ3n) is 4.99. The van der Waals surface area contributed by atoms with Crippen molar-refractivity contribution >= 4 is 12.0 Å². The Labute approximate surface area is 126 Å². The summed E-state index contributed by atoms with van der Waals surface area (Å²) < 4.78 is 0. The summed E-state index contributed by atoms with van der Waals surface area (Å²) >= 11 is 0. The molecule has 0 aromatic carbocycles. The van der Waals surface area contributed by atoms with Gasteiger partial charge in [-0.15, -0.1) is 0 Å². The summed E-state index contributed by atoms with van der Waals surface area (Å²) in [5.41, 5.74) is -1.07. The number of amides is 2. The molecule has 120 valence electrons. The second-order valence-electron chi connectivity index (χ2n) is 6.87. The zero-order chi connectivity index (χ0) is 15.3. The Balaban J connectivity index is 1.93. The fraction of sp³-hybridized carbons (Fsp3) is 0.875. The van der Waals surface area contributed by atoms with Crippen molar-refractivity contribution in [3.05, 3.63) is 0 Å². The van der Waals surface area contributed by atoms with Gasteiger partial charge in [0.05, 0.1) is 0 Å². The van der Waals surface area contributed by atoms with Gasteiger partial charge in [0.15, 0.2) is 0 Å². The summed E-state index contributed by atoms with van der Waals surface area (Å²) in [5, 5.41) is 15.3. The van der Waals surface area contributed by atoms with Crippen molar-refractivity contribution in [3.8, 4) is 0 Å². The number of aliphatic carboxylic acids is 1. The molecular formula is C16H28N2O3. The van der Waals surface area contributed by atoms with E-state index >= 15 is 0 Å². The molecule has 0 heterocycles. The van der Waals surface area contributed by atoms with E-state index in [1.54, 1.807) is 0 Å². The van der Waals surface area contributed by atoms with Crippen LogP contribution in [0.25, 0.3) is 0 Å². The van der Waals surface area contributed by atoms with Gasteiger partial charge in [-0.25, -0.2) is 9.59 Å². The number of carboxylic acids is 1. The third-order valence-corrected chi connectivity index (χ3v) is 4.99. The van der Waals surface area contributed by atoms with Gasteiger partial charge in [0.2, 0.25) is 0 Å². The van der Waals surface area contributed by atoms with Crippen LogP contribution in [0.2, 0.25) is 0 Å². The highest BCUT2D eigenvalue weighted by molar-refractivity contribution is 5.86. The van der Waals surface area contributed by atoms with Crippen molar-refractivity contribution in [1.82, 2.24) is 10.6 Å². The number of rotatable bonds is 3. The van der Waals surface area contributed by atoms with E-state index in [4.69, 9.17) is 0 Å². The Morgan fingerprint density at radius 2 is 1.71 bits per heavy atom. The minimum atomic E-state index is -1.07. The molecular weight excluding hydrogens is 268 g/mol. The highest BCUT2D eigenvalue weighted by atomic mass is 16.4. The third kappa shape index (κ3) is 4.35. The minimum Gasteiger partial charge on any atom is -0.480 e. The van der Waals surface area contributed by atoms with Crippen molar-refractivity contribution in [1.29, 1.82) is 0 Å². The number of hydrogen-bond acceptors (Lipinski definition) is 2. The Morgan fingerprint density at radius 1 is 1.05 bits per heavy atom. The standard InChI is InChI=1S/C16H28N2O3/c1-12-7-6-8-13(11-12)17-15(21)18-16(14(19)20)9-4-2-3-5-10-16/h12-13H,2-11H2,1H3,(H,19,20)(H2,17,18,21). The van der Waals surface area contributed by atoms with E-state index in [1.165, 1.54) is 6.42 Å². The van der Waals surface area contributed by atoms with Crippen LogP contribution >= 0.6 is 0 Å². The van der Waals surface area contributed by atoms with Crippen molar-refractivity contribution in [2.24, 2.45) is 5.92 Å². The molecule has 2 fully saturated rings. The maximum atomic E-state index is 12.2. The van der Waals surface area contributed by atoms with Gasteiger partial charge >= 0.3 is 12.0 Å². The summed E-state index contributed by atoms with van der Waals surface area (Å²) in [4.78, 5) is 23.9. The van der Waals surface area contributed by atoms with Gasteiger partial charge in [-0.3, -0.25) is 0 Å². The van der Waals surface area contributed by atoms with Crippen molar-refractivity contribution in [2.45, 2.75) is 82.7 Å². The molecule has 3 N–H and O–H groups in total. The predicted octanol–water partition coefficient (Wildman–Crippen LogP) is 3.04. The SMILES string of the molecule is CC1CCCC(NC(=O)NC2(C(=O)O)CCCCCC2)C1. The topological polar surface area (TPSA) is 78.4 Å². The van der Waals surface area contributed by atoms with Crippen molar-refractivity contribution < 1.29 is 14.7 Å². The van der Waals surface area contributed by atoms with E-state index in [2.05, 4.69) is 17.6 Å². The first-order chi connectivity index (χ1) is 10.0. The van der Waals surface area contributed by atoms with Gasteiger partial charge in [0, 0.05) is 6.04 Å². The average molecular weight is 296 g/mol. The molecule has 0 aromatic heterocycles. The first-order valence-corrected chi connectivity index (χ1v) is 8.34. The summed E-state index contributed by atoms with van der Waals surface area (Å²) in [5.74, 6) is -0.257. The molecule has 0 radical (unpaired) electrons. The maximum absolute atomic E-state index is 12.2. The smallest absolute Gasteiger partial charge is 0.329 e. The van der Waals surface area contributed by atoms with Crippen LogP contribution in [0.3, 0.4) is 0 Å². The highest BCUT2D eigenvalue weighted by Crippen LogP contribution is 2.28. The van der Waals surface area contributed by atoms with Crippen LogP contribution in [-0.4, -0.2) is 28.7 Å². The van der Waals surface area contributed by atoms with Gasteiger partial charge in [0.1, 0.15) is 5.54 Å². The van der Waals surface area contributed by atoms with Crippen molar-refractivity contribution in [3.63, 3.8) is 0 Å². The Kier molecular flexibility index (Phi) is 5.48. The van der Waals surface area contributed by atoms with E-state index in [0.717, 1.165) is 44.9 Å². The molecule has 0 aromatic rings. The Bertz CT molecular complexity index is 376. The number of hydrogen-bond donors (Lipinski definition) is 3. The van der Waals surface area contributed by atoms with Gasteiger partial charge in [-0.1, -0.05) is 45.4 Å². The summed E-state index contributed by atoms with van der Waals surface area (Å²) in [6.07, 6.45) is 9.27. The quantitative estimate of drug-likeness (QED) is 0.700. The lowest BCUT2D eigenvalue weighted by Crippen LogP contribution is -2.58.